The van der Waals surface area contributed by atoms with Gasteiger partial charge in [-0.3, -0.25) is 10.4 Å². The fourth-order valence-electron chi connectivity index (χ4n) is 3.34. The third-order valence-corrected chi connectivity index (χ3v) is 4.34. The van der Waals surface area contributed by atoms with Crippen LogP contribution in [0.2, 0.25) is 0 Å². The van der Waals surface area contributed by atoms with Crippen LogP contribution in [0.5, 0.6) is 0 Å². The second-order valence-corrected chi connectivity index (χ2v) is 5.84. The quantitative estimate of drug-likeness (QED) is 0.668. The van der Waals surface area contributed by atoms with E-state index in [0.717, 1.165) is 41.2 Å². The van der Waals surface area contributed by atoms with Crippen molar-refractivity contribution >= 4 is 22.4 Å². The molecule has 1 aliphatic rings. The maximum Gasteiger partial charge on any atom is 0.126 e. The number of hydrogen-bond acceptors (Lipinski definition) is 3. The van der Waals surface area contributed by atoms with Gasteiger partial charge < -0.3 is 10.6 Å². The van der Waals surface area contributed by atoms with Crippen LogP contribution in [-0.2, 0) is 0 Å². The van der Waals surface area contributed by atoms with Crippen molar-refractivity contribution in [2.45, 2.75) is 26.2 Å². The van der Waals surface area contributed by atoms with Crippen molar-refractivity contribution < 1.29 is 0 Å². The average molecular weight is 282 g/mol. The lowest BCUT2D eigenvalue weighted by Crippen LogP contribution is -2.24. The maximum atomic E-state index is 7.86. The zero-order valence-corrected chi connectivity index (χ0v) is 12.5. The van der Waals surface area contributed by atoms with Crippen LogP contribution in [0.3, 0.4) is 0 Å². The van der Waals surface area contributed by atoms with Gasteiger partial charge in [0.1, 0.15) is 5.84 Å². The van der Waals surface area contributed by atoms with Crippen LogP contribution in [0.15, 0.2) is 30.5 Å². The first kappa shape index (κ1) is 13.9. The SMILES string of the molecule is CCCC1CCN(c2c(C(=N)N)cnc3ccccc23)C1. The van der Waals surface area contributed by atoms with E-state index in [4.69, 9.17) is 11.1 Å². The molecule has 0 bridgehead atoms. The van der Waals surface area contributed by atoms with Crippen LogP contribution >= 0.6 is 0 Å². The highest BCUT2D eigenvalue weighted by atomic mass is 15.2. The molecule has 1 saturated heterocycles. The molecule has 0 aliphatic carbocycles. The van der Waals surface area contributed by atoms with Crippen LogP contribution in [0, 0.1) is 11.3 Å². The first-order valence-corrected chi connectivity index (χ1v) is 7.67. The first-order chi connectivity index (χ1) is 10.2. The highest BCUT2D eigenvalue weighted by Crippen LogP contribution is 2.34. The number of pyridine rings is 1. The monoisotopic (exact) mass is 282 g/mol. The number of nitrogen functional groups attached to an aromatic ring is 1. The summed E-state index contributed by atoms with van der Waals surface area (Å²) in [6.45, 7) is 4.34. The van der Waals surface area contributed by atoms with Crippen molar-refractivity contribution in [2.24, 2.45) is 11.7 Å². The molecule has 1 unspecified atom stereocenters. The molecule has 2 aromatic rings. The summed E-state index contributed by atoms with van der Waals surface area (Å²) in [6, 6.07) is 8.12. The van der Waals surface area contributed by atoms with Crippen LogP contribution < -0.4 is 10.6 Å². The summed E-state index contributed by atoms with van der Waals surface area (Å²) >= 11 is 0. The summed E-state index contributed by atoms with van der Waals surface area (Å²) in [5.41, 5.74) is 8.60. The fraction of sp³-hybridized carbons (Fsp3) is 0.412. The zero-order chi connectivity index (χ0) is 14.8. The Bertz CT molecular complexity index is 665. The van der Waals surface area contributed by atoms with E-state index in [1.54, 1.807) is 6.20 Å². The van der Waals surface area contributed by atoms with E-state index in [1.807, 2.05) is 18.2 Å². The highest BCUT2D eigenvalue weighted by Gasteiger charge is 2.25. The summed E-state index contributed by atoms with van der Waals surface area (Å²) in [6.07, 6.45) is 5.47. The lowest BCUT2D eigenvalue weighted by molar-refractivity contribution is 0.530. The summed E-state index contributed by atoms with van der Waals surface area (Å²) in [4.78, 5) is 6.83. The van der Waals surface area contributed by atoms with E-state index in [1.165, 1.54) is 19.3 Å². The molecule has 0 radical (unpaired) electrons. The van der Waals surface area contributed by atoms with E-state index >= 15 is 0 Å². The molecule has 4 nitrogen and oxygen atoms in total. The topological polar surface area (TPSA) is 66.0 Å². The van der Waals surface area contributed by atoms with Gasteiger partial charge in [-0.1, -0.05) is 31.5 Å². The highest BCUT2D eigenvalue weighted by molar-refractivity contribution is 6.07. The minimum Gasteiger partial charge on any atom is -0.384 e. The average Bonchev–Trinajstić information content (AvgIpc) is 2.94. The van der Waals surface area contributed by atoms with Crippen LogP contribution in [-0.4, -0.2) is 23.9 Å². The Morgan fingerprint density at radius 3 is 3.00 bits per heavy atom. The Labute approximate surface area is 125 Å². The molecule has 1 aliphatic heterocycles. The van der Waals surface area contributed by atoms with Crippen molar-refractivity contribution in [2.75, 3.05) is 18.0 Å². The van der Waals surface area contributed by atoms with E-state index in [0.29, 0.717) is 0 Å². The second-order valence-electron chi connectivity index (χ2n) is 5.84. The van der Waals surface area contributed by atoms with Gasteiger partial charge in [0.2, 0.25) is 0 Å². The van der Waals surface area contributed by atoms with Gasteiger partial charge in [-0.05, 0) is 24.8 Å². The summed E-state index contributed by atoms with van der Waals surface area (Å²) < 4.78 is 0. The number of hydrogen-bond donors (Lipinski definition) is 2. The van der Waals surface area contributed by atoms with E-state index in [9.17, 15) is 0 Å². The van der Waals surface area contributed by atoms with Crippen molar-refractivity contribution in [1.29, 1.82) is 5.41 Å². The van der Waals surface area contributed by atoms with Gasteiger partial charge >= 0.3 is 0 Å². The lowest BCUT2D eigenvalue weighted by atomic mass is 10.0. The molecule has 110 valence electrons. The molecule has 4 heteroatoms. The lowest BCUT2D eigenvalue weighted by Gasteiger charge is -2.23. The number of nitrogens with zero attached hydrogens (tertiary/aromatic N) is 2. The molecule has 0 amide bonds. The van der Waals surface area contributed by atoms with Gasteiger partial charge in [0.15, 0.2) is 0 Å². The zero-order valence-electron chi connectivity index (χ0n) is 12.5. The Kier molecular flexibility index (Phi) is 3.78. The molecule has 1 aromatic heterocycles. The molecule has 1 atom stereocenters. The predicted molar refractivity (Wildman–Crippen MR) is 88.0 cm³/mol. The normalized spacial score (nSPS) is 18.3. The Hall–Kier alpha value is -2.10. The van der Waals surface area contributed by atoms with E-state index < -0.39 is 0 Å². The summed E-state index contributed by atoms with van der Waals surface area (Å²) in [5, 5.41) is 8.96. The summed E-state index contributed by atoms with van der Waals surface area (Å²) in [5.74, 6) is 0.851. The molecule has 3 rings (SSSR count). The van der Waals surface area contributed by atoms with Crippen molar-refractivity contribution in [1.82, 2.24) is 4.98 Å². The molecule has 0 saturated carbocycles. The van der Waals surface area contributed by atoms with Gasteiger partial charge in [0.25, 0.3) is 0 Å². The number of amidine groups is 1. The maximum absolute atomic E-state index is 7.86. The number of nitrogens with two attached hydrogens (primary N) is 1. The molecule has 21 heavy (non-hydrogen) atoms. The number of nitrogens with one attached hydrogen (secondary N) is 1. The second kappa shape index (κ2) is 5.72. The molecule has 0 spiro atoms. The number of fused-ring (bicyclic) bond motifs is 1. The van der Waals surface area contributed by atoms with Gasteiger partial charge in [0, 0.05) is 24.7 Å². The number of benzene rings is 1. The molecule has 2 heterocycles. The number of anilines is 1. The Balaban J connectivity index is 2.07. The molecule has 1 fully saturated rings. The summed E-state index contributed by atoms with van der Waals surface area (Å²) in [7, 11) is 0. The number of para-hydroxylation sites is 1. The fourth-order valence-corrected chi connectivity index (χ4v) is 3.34. The van der Waals surface area contributed by atoms with Crippen molar-refractivity contribution in [3.05, 3.63) is 36.0 Å². The Morgan fingerprint density at radius 1 is 1.43 bits per heavy atom. The standard InChI is InChI=1S/C17H22N4/c1-2-5-12-8-9-21(11-12)16-13-6-3-4-7-15(13)20-10-14(16)17(18)19/h3-4,6-7,10,12H,2,5,8-9,11H2,1H3,(H3,18,19). The number of rotatable bonds is 4. The van der Waals surface area contributed by atoms with E-state index in [2.05, 4.69) is 22.9 Å². The third kappa shape index (κ3) is 2.58. The van der Waals surface area contributed by atoms with Crippen LogP contribution in [0.4, 0.5) is 5.69 Å². The minimum absolute atomic E-state index is 0.0993. The largest absolute Gasteiger partial charge is 0.384 e. The van der Waals surface area contributed by atoms with Crippen LogP contribution in [0.25, 0.3) is 10.9 Å². The molecular weight excluding hydrogens is 260 g/mol. The smallest absolute Gasteiger partial charge is 0.126 e. The molecule has 3 N–H and O–H groups in total. The molecular formula is C17H22N4. The predicted octanol–water partition coefficient (Wildman–Crippen LogP) is 3.15. The van der Waals surface area contributed by atoms with Crippen molar-refractivity contribution in [3.63, 3.8) is 0 Å². The third-order valence-electron chi connectivity index (χ3n) is 4.34. The van der Waals surface area contributed by atoms with Gasteiger partial charge in [-0.2, -0.15) is 0 Å². The minimum atomic E-state index is 0.0993. The van der Waals surface area contributed by atoms with Gasteiger partial charge in [0.05, 0.1) is 16.8 Å². The van der Waals surface area contributed by atoms with Crippen LogP contribution in [0.1, 0.15) is 31.7 Å². The Morgan fingerprint density at radius 2 is 2.24 bits per heavy atom. The van der Waals surface area contributed by atoms with E-state index in [-0.39, 0.29) is 5.84 Å². The van der Waals surface area contributed by atoms with Crippen molar-refractivity contribution in [3.8, 4) is 0 Å². The number of aromatic nitrogens is 1. The molecule has 1 aromatic carbocycles. The first-order valence-electron chi connectivity index (χ1n) is 7.67. The van der Waals surface area contributed by atoms with Gasteiger partial charge in [-0.25, -0.2) is 0 Å². The van der Waals surface area contributed by atoms with Gasteiger partial charge in [-0.15, -0.1) is 0 Å².